The Morgan fingerprint density at radius 1 is 1.12 bits per heavy atom. The number of hydrogen-bond donors (Lipinski definition) is 1. The third-order valence-corrected chi connectivity index (χ3v) is 4.63. The molecule has 128 valence electrons. The number of aryl methyl sites for hydroxylation is 1. The molecule has 2 aromatic rings. The first-order chi connectivity index (χ1) is 11.5. The molecule has 2 rings (SSSR count). The number of carbonyl (C=O) groups is 1. The SMILES string of the molecule is CC[C@@H](NC(=O)CCc1ccc(Cl)c(Cl)c1)c1ccc(OC)cc1. The maximum atomic E-state index is 12.2. The number of carbonyl (C=O) groups excluding carboxylic acids is 1. The summed E-state index contributed by atoms with van der Waals surface area (Å²) in [6.07, 6.45) is 1.86. The van der Waals surface area contributed by atoms with E-state index in [0.717, 1.165) is 23.3 Å². The zero-order valence-corrected chi connectivity index (χ0v) is 15.3. The van der Waals surface area contributed by atoms with E-state index in [1.165, 1.54) is 0 Å². The Bertz CT molecular complexity index is 686. The maximum absolute atomic E-state index is 12.2. The number of rotatable bonds is 7. The Hall–Kier alpha value is -1.71. The van der Waals surface area contributed by atoms with Crippen molar-refractivity contribution in [2.75, 3.05) is 7.11 Å². The standard InChI is InChI=1S/C19H21Cl2NO2/c1-3-18(14-6-8-15(24-2)9-7-14)22-19(23)11-5-13-4-10-16(20)17(21)12-13/h4,6-10,12,18H,3,5,11H2,1-2H3,(H,22,23)/t18-/m1/s1. The fraction of sp³-hybridized carbons (Fsp3) is 0.316. The van der Waals surface area contributed by atoms with Crippen LogP contribution in [0, 0.1) is 0 Å². The molecule has 0 aromatic heterocycles. The molecule has 1 N–H and O–H groups in total. The first-order valence-electron chi connectivity index (χ1n) is 7.90. The summed E-state index contributed by atoms with van der Waals surface area (Å²) in [5, 5.41) is 4.11. The number of ether oxygens (including phenoxy) is 1. The van der Waals surface area contributed by atoms with Crippen LogP contribution in [0.15, 0.2) is 42.5 Å². The van der Waals surface area contributed by atoms with E-state index >= 15 is 0 Å². The highest BCUT2D eigenvalue weighted by Gasteiger charge is 2.13. The Morgan fingerprint density at radius 2 is 1.83 bits per heavy atom. The van der Waals surface area contributed by atoms with E-state index in [-0.39, 0.29) is 11.9 Å². The summed E-state index contributed by atoms with van der Waals surface area (Å²) in [7, 11) is 1.64. The lowest BCUT2D eigenvalue weighted by atomic mass is 10.0. The lowest BCUT2D eigenvalue weighted by Gasteiger charge is -2.18. The van der Waals surface area contributed by atoms with Gasteiger partial charge in [-0.1, -0.05) is 48.3 Å². The van der Waals surface area contributed by atoms with Gasteiger partial charge in [0.25, 0.3) is 0 Å². The maximum Gasteiger partial charge on any atom is 0.220 e. The normalized spacial score (nSPS) is 11.8. The second kappa shape index (κ2) is 8.95. The summed E-state index contributed by atoms with van der Waals surface area (Å²) in [6, 6.07) is 13.2. The lowest BCUT2D eigenvalue weighted by Crippen LogP contribution is -2.28. The number of nitrogens with one attached hydrogen (secondary N) is 1. The molecule has 0 fully saturated rings. The zero-order chi connectivity index (χ0) is 17.5. The van der Waals surface area contributed by atoms with Crippen LogP contribution in [0.4, 0.5) is 0 Å². The summed E-state index contributed by atoms with van der Waals surface area (Å²) in [5.74, 6) is 0.822. The summed E-state index contributed by atoms with van der Waals surface area (Å²) in [6.45, 7) is 2.05. The summed E-state index contributed by atoms with van der Waals surface area (Å²) in [5.41, 5.74) is 2.07. The van der Waals surface area contributed by atoms with Crippen LogP contribution in [-0.2, 0) is 11.2 Å². The minimum Gasteiger partial charge on any atom is -0.497 e. The largest absolute Gasteiger partial charge is 0.497 e. The number of halogens is 2. The fourth-order valence-corrected chi connectivity index (χ4v) is 2.80. The minimum absolute atomic E-state index is 0.00258. The Kier molecular flexibility index (Phi) is 6.95. The molecule has 0 spiro atoms. The first-order valence-corrected chi connectivity index (χ1v) is 8.66. The molecule has 1 amide bonds. The van der Waals surface area contributed by atoms with Gasteiger partial charge in [-0.25, -0.2) is 0 Å². The predicted octanol–water partition coefficient (Wildman–Crippen LogP) is 5.20. The molecular weight excluding hydrogens is 345 g/mol. The molecule has 0 radical (unpaired) electrons. The molecule has 2 aromatic carbocycles. The van der Waals surface area contributed by atoms with Crippen LogP contribution in [0.1, 0.15) is 36.9 Å². The highest BCUT2D eigenvalue weighted by molar-refractivity contribution is 6.42. The van der Waals surface area contributed by atoms with Gasteiger partial charge in [-0.2, -0.15) is 0 Å². The predicted molar refractivity (Wildman–Crippen MR) is 99.0 cm³/mol. The van der Waals surface area contributed by atoms with Gasteiger partial charge < -0.3 is 10.1 Å². The highest BCUT2D eigenvalue weighted by atomic mass is 35.5. The van der Waals surface area contributed by atoms with Crippen molar-refractivity contribution in [1.82, 2.24) is 5.32 Å². The van der Waals surface area contributed by atoms with Gasteiger partial charge in [0.15, 0.2) is 0 Å². The Morgan fingerprint density at radius 3 is 2.42 bits per heavy atom. The van der Waals surface area contributed by atoms with Crippen molar-refractivity contribution in [3.63, 3.8) is 0 Å². The topological polar surface area (TPSA) is 38.3 Å². The fourth-order valence-electron chi connectivity index (χ4n) is 2.48. The van der Waals surface area contributed by atoms with Crippen molar-refractivity contribution >= 4 is 29.1 Å². The minimum atomic E-state index is -0.00258. The van der Waals surface area contributed by atoms with Crippen LogP contribution in [0.5, 0.6) is 5.75 Å². The first kappa shape index (κ1) is 18.6. The van der Waals surface area contributed by atoms with Gasteiger partial charge in [-0.3, -0.25) is 4.79 Å². The van der Waals surface area contributed by atoms with Crippen molar-refractivity contribution in [3.8, 4) is 5.75 Å². The Labute approximate surface area is 152 Å². The van der Waals surface area contributed by atoms with E-state index in [2.05, 4.69) is 5.32 Å². The monoisotopic (exact) mass is 365 g/mol. The van der Waals surface area contributed by atoms with E-state index in [0.29, 0.717) is 22.9 Å². The average molecular weight is 366 g/mol. The summed E-state index contributed by atoms with van der Waals surface area (Å²) >= 11 is 11.9. The zero-order valence-electron chi connectivity index (χ0n) is 13.8. The summed E-state index contributed by atoms with van der Waals surface area (Å²) < 4.78 is 5.16. The number of benzene rings is 2. The average Bonchev–Trinajstić information content (AvgIpc) is 2.61. The van der Waals surface area contributed by atoms with Crippen LogP contribution in [-0.4, -0.2) is 13.0 Å². The molecule has 0 aliphatic rings. The van der Waals surface area contributed by atoms with Gasteiger partial charge >= 0.3 is 0 Å². The quantitative estimate of drug-likeness (QED) is 0.731. The number of methoxy groups -OCH3 is 1. The molecule has 0 aliphatic heterocycles. The van der Waals surface area contributed by atoms with E-state index in [9.17, 15) is 4.79 Å². The van der Waals surface area contributed by atoms with Crippen molar-refractivity contribution in [2.24, 2.45) is 0 Å². The van der Waals surface area contributed by atoms with Crippen molar-refractivity contribution in [2.45, 2.75) is 32.2 Å². The van der Waals surface area contributed by atoms with Crippen LogP contribution in [0.2, 0.25) is 10.0 Å². The van der Waals surface area contributed by atoms with Crippen LogP contribution in [0.3, 0.4) is 0 Å². The third-order valence-electron chi connectivity index (χ3n) is 3.89. The van der Waals surface area contributed by atoms with E-state index in [4.69, 9.17) is 27.9 Å². The number of hydrogen-bond acceptors (Lipinski definition) is 2. The second-order valence-corrected chi connectivity index (χ2v) is 6.36. The molecule has 0 unspecified atom stereocenters. The lowest BCUT2D eigenvalue weighted by molar-refractivity contribution is -0.121. The van der Waals surface area contributed by atoms with Gasteiger partial charge in [-0.15, -0.1) is 0 Å². The van der Waals surface area contributed by atoms with E-state index in [1.807, 2.05) is 37.3 Å². The van der Waals surface area contributed by atoms with Crippen LogP contribution in [0.25, 0.3) is 0 Å². The molecule has 0 bridgehead atoms. The second-order valence-electron chi connectivity index (χ2n) is 5.55. The molecule has 0 saturated heterocycles. The molecule has 1 atom stereocenters. The van der Waals surface area contributed by atoms with Crippen LogP contribution < -0.4 is 10.1 Å². The molecule has 3 nitrogen and oxygen atoms in total. The molecular formula is C19H21Cl2NO2. The molecule has 24 heavy (non-hydrogen) atoms. The molecule has 0 heterocycles. The number of amides is 1. The van der Waals surface area contributed by atoms with Crippen molar-refractivity contribution in [3.05, 3.63) is 63.6 Å². The van der Waals surface area contributed by atoms with E-state index in [1.54, 1.807) is 19.2 Å². The smallest absolute Gasteiger partial charge is 0.220 e. The summed E-state index contributed by atoms with van der Waals surface area (Å²) in [4.78, 5) is 12.2. The van der Waals surface area contributed by atoms with Crippen molar-refractivity contribution in [1.29, 1.82) is 0 Å². The van der Waals surface area contributed by atoms with Crippen molar-refractivity contribution < 1.29 is 9.53 Å². The third kappa shape index (κ3) is 5.15. The van der Waals surface area contributed by atoms with Gasteiger partial charge in [0.1, 0.15) is 5.75 Å². The van der Waals surface area contributed by atoms with Gasteiger partial charge in [-0.05, 0) is 48.2 Å². The van der Waals surface area contributed by atoms with Crippen LogP contribution >= 0.6 is 23.2 Å². The van der Waals surface area contributed by atoms with Gasteiger partial charge in [0.2, 0.25) is 5.91 Å². The highest BCUT2D eigenvalue weighted by Crippen LogP contribution is 2.23. The molecule has 0 saturated carbocycles. The Balaban J connectivity index is 1.92. The van der Waals surface area contributed by atoms with Gasteiger partial charge in [0, 0.05) is 6.42 Å². The molecule has 5 heteroatoms. The van der Waals surface area contributed by atoms with E-state index < -0.39 is 0 Å². The molecule has 0 aliphatic carbocycles. The van der Waals surface area contributed by atoms with Gasteiger partial charge in [0.05, 0.1) is 23.2 Å².